The van der Waals surface area contributed by atoms with Crippen molar-refractivity contribution in [1.29, 1.82) is 0 Å². The van der Waals surface area contributed by atoms with Gasteiger partial charge in [0.1, 0.15) is 0 Å². The van der Waals surface area contributed by atoms with Crippen molar-refractivity contribution in [3.63, 3.8) is 0 Å². The maximum Gasteiger partial charge on any atom is 0.341 e. The smallest absolute Gasteiger partial charge is 0.341 e. The molecule has 0 fully saturated rings. The molecule has 1 unspecified atom stereocenters. The average molecular weight is 356 g/mol. The predicted molar refractivity (Wildman–Crippen MR) is 88.5 cm³/mol. The number of unbranched alkanes of at least 4 members (excludes halogenated alkanes) is 5. The van der Waals surface area contributed by atoms with Gasteiger partial charge in [-0.05, 0) is 19.0 Å². The van der Waals surface area contributed by atoms with Gasteiger partial charge in [-0.15, -0.1) is 0 Å². The highest BCUT2D eigenvalue weighted by molar-refractivity contribution is 7.86. The fraction of sp³-hybridized carbons (Fsp3) is 0.562. The van der Waals surface area contributed by atoms with Crippen LogP contribution in [-0.2, 0) is 19.9 Å². The van der Waals surface area contributed by atoms with E-state index in [2.05, 4.69) is 6.92 Å². The van der Waals surface area contributed by atoms with Crippen LogP contribution < -0.4 is 0 Å². The van der Waals surface area contributed by atoms with Crippen LogP contribution in [0.4, 0.5) is 0 Å². The van der Waals surface area contributed by atoms with Crippen LogP contribution in [-0.4, -0.2) is 30.5 Å². The number of carbonyl (C=O) groups excluding carboxylic acids is 1. The predicted octanol–water partition coefficient (Wildman–Crippen LogP) is 3.02. The summed E-state index contributed by atoms with van der Waals surface area (Å²) in [6.07, 6.45) is 5.42. The van der Waals surface area contributed by atoms with Crippen molar-refractivity contribution in [2.75, 3.05) is 6.54 Å². The van der Waals surface area contributed by atoms with Crippen molar-refractivity contribution in [3.05, 3.63) is 40.6 Å². The zero-order valence-corrected chi connectivity index (χ0v) is 14.4. The number of rotatable bonds is 9. The van der Waals surface area contributed by atoms with Gasteiger partial charge >= 0.3 is 21.1 Å². The SMILES string of the molecule is CCCCCCCCN([O-])C1(S(=O)(=O)O)OC(=O)c2ccccc21. The fourth-order valence-electron chi connectivity index (χ4n) is 2.86. The van der Waals surface area contributed by atoms with E-state index in [4.69, 9.17) is 4.74 Å². The third-order valence-corrected chi connectivity index (χ3v) is 5.32. The topological polar surface area (TPSA) is 107 Å². The number of esters is 1. The lowest BCUT2D eigenvalue weighted by atomic mass is 10.1. The minimum absolute atomic E-state index is 0.0288. The molecule has 134 valence electrons. The van der Waals surface area contributed by atoms with Gasteiger partial charge in [-0.2, -0.15) is 8.42 Å². The molecule has 1 aromatic rings. The Kier molecular flexibility index (Phi) is 5.97. The molecule has 0 saturated heterocycles. The molecule has 1 aromatic carbocycles. The molecule has 1 heterocycles. The van der Waals surface area contributed by atoms with E-state index in [1.807, 2.05) is 0 Å². The Hall–Kier alpha value is -1.48. The van der Waals surface area contributed by atoms with E-state index < -0.39 is 21.1 Å². The van der Waals surface area contributed by atoms with Crippen LogP contribution in [0.5, 0.6) is 0 Å². The van der Waals surface area contributed by atoms with Crippen LogP contribution in [0.3, 0.4) is 0 Å². The van der Waals surface area contributed by atoms with Crippen molar-refractivity contribution in [2.45, 2.75) is 50.5 Å². The van der Waals surface area contributed by atoms with Crippen LogP contribution in [0.1, 0.15) is 61.4 Å². The van der Waals surface area contributed by atoms with Gasteiger partial charge in [0, 0.05) is 5.56 Å². The van der Waals surface area contributed by atoms with E-state index in [1.165, 1.54) is 24.3 Å². The van der Waals surface area contributed by atoms with Crippen molar-refractivity contribution in [1.82, 2.24) is 5.06 Å². The van der Waals surface area contributed by atoms with E-state index in [1.54, 1.807) is 0 Å². The summed E-state index contributed by atoms with van der Waals surface area (Å²) in [6, 6.07) is 5.69. The zero-order chi connectivity index (χ0) is 17.8. The number of hydroxylamine groups is 2. The second-order valence-electron chi connectivity index (χ2n) is 5.86. The zero-order valence-electron chi connectivity index (χ0n) is 13.6. The lowest BCUT2D eigenvalue weighted by molar-refractivity contribution is -0.0390. The first-order chi connectivity index (χ1) is 11.3. The third-order valence-electron chi connectivity index (χ3n) is 4.11. The Morgan fingerprint density at radius 3 is 2.46 bits per heavy atom. The maximum atomic E-state index is 12.5. The van der Waals surface area contributed by atoms with Crippen molar-refractivity contribution in [3.8, 4) is 0 Å². The Balaban J connectivity index is 2.18. The summed E-state index contributed by atoms with van der Waals surface area (Å²) < 4.78 is 38.3. The molecule has 1 atom stereocenters. The van der Waals surface area contributed by atoms with Gasteiger partial charge in [-0.25, -0.2) is 4.79 Å². The number of ether oxygens (including phenoxy) is 1. The van der Waals surface area contributed by atoms with Gasteiger partial charge in [-0.3, -0.25) is 4.55 Å². The molecular formula is C16H22NO6S-. The first-order valence-electron chi connectivity index (χ1n) is 8.09. The highest BCUT2D eigenvalue weighted by Gasteiger charge is 2.56. The van der Waals surface area contributed by atoms with E-state index in [0.29, 0.717) is 6.42 Å². The summed E-state index contributed by atoms with van der Waals surface area (Å²) in [5.74, 6) is -0.938. The molecule has 7 nitrogen and oxygen atoms in total. The molecular weight excluding hydrogens is 334 g/mol. The molecule has 0 amide bonds. The van der Waals surface area contributed by atoms with Gasteiger partial charge in [0.15, 0.2) is 0 Å². The molecule has 0 bridgehead atoms. The van der Waals surface area contributed by atoms with Crippen molar-refractivity contribution in [2.24, 2.45) is 0 Å². The third kappa shape index (κ3) is 3.46. The monoisotopic (exact) mass is 356 g/mol. The molecule has 0 radical (unpaired) electrons. The van der Waals surface area contributed by atoms with Gasteiger partial charge in [0.2, 0.25) is 0 Å². The Labute approximate surface area is 141 Å². The Bertz CT molecular complexity index is 690. The minimum atomic E-state index is -4.99. The summed E-state index contributed by atoms with van der Waals surface area (Å²) in [4.78, 5) is 11.9. The molecule has 2 rings (SSSR count). The van der Waals surface area contributed by atoms with Crippen LogP contribution in [0.15, 0.2) is 24.3 Å². The summed E-state index contributed by atoms with van der Waals surface area (Å²) >= 11 is 0. The van der Waals surface area contributed by atoms with Gasteiger partial charge < -0.3 is 15.0 Å². The van der Waals surface area contributed by atoms with Gasteiger partial charge in [0.05, 0.1) is 5.56 Å². The van der Waals surface area contributed by atoms with Gasteiger partial charge in [0.25, 0.3) is 0 Å². The Morgan fingerprint density at radius 1 is 1.17 bits per heavy atom. The van der Waals surface area contributed by atoms with E-state index >= 15 is 0 Å². The highest BCUT2D eigenvalue weighted by atomic mass is 32.2. The number of hydrogen-bond donors (Lipinski definition) is 1. The summed E-state index contributed by atoms with van der Waals surface area (Å²) in [7, 11) is -4.99. The first-order valence-corrected chi connectivity index (χ1v) is 9.53. The second kappa shape index (κ2) is 7.60. The summed E-state index contributed by atoms with van der Waals surface area (Å²) in [5.41, 5.74) is -0.169. The van der Waals surface area contributed by atoms with E-state index in [0.717, 1.165) is 32.1 Å². The largest absolute Gasteiger partial charge is 0.781 e. The van der Waals surface area contributed by atoms with Crippen molar-refractivity contribution >= 4 is 16.1 Å². The quantitative estimate of drug-likeness (QED) is 0.314. The molecule has 0 aromatic heterocycles. The molecule has 0 saturated carbocycles. The van der Waals surface area contributed by atoms with Crippen LogP contribution in [0.25, 0.3) is 0 Å². The standard InChI is InChI=1S/C16H22NO6S/c1-2-3-4-5-6-9-12-17(19)16(24(20,21)22)14-11-8-7-10-13(14)15(18)23-16/h7-8,10-11H,2-6,9,12H2,1H3,(H,20,21,22)/q-1. The molecule has 1 aliphatic rings. The number of fused-ring (bicyclic) bond motifs is 1. The van der Waals surface area contributed by atoms with E-state index in [-0.39, 0.29) is 22.7 Å². The lowest BCUT2D eigenvalue weighted by Crippen LogP contribution is -2.49. The normalized spacial score (nSPS) is 20.2. The second-order valence-corrected chi connectivity index (χ2v) is 7.37. The molecule has 8 heteroatoms. The highest BCUT2D eigenvalue weighted by Crippen LogP contribution is 2.42. The minimum Gasteiger partial charge on any atom is -0.781 e. The van der Waals surface area contributed by atoms with Crippen LogP contribution in [0, 0.1) is 5.21 Å². The average Bonchev–Trinajstić information content (AvgIpc) is 2.85. The number of benzene rings is 1. The Morgan fingerprint density at radius 2 is 1.79 bits per heavy atom. The molecule has 24 heavy (non-hydrogen) atoms. The number of cyclic esters (lactones) is 1. The lowest BCUT2D eigenvalue weighted by Gasteiger charge is -2.41. The van der Waals surface area contributed by atoms with Crippen molar-refractivity contribution < 1.29 is 22.5 Å². The number of nitrogens with zero attached hydrogens (tertiary/aromatic N) is 1. The number of carbonyl (C=O) groups is 1. The maximum absolute atomic E-state index is 12.5. The summed E-state index contributed by atoms with van der Waals surface area (Å²) in [5, 5.41) is 9.97. The number of hydrogen-bond acceptors (Lipinski definition) is 6. The first kappa shape index (κ1) is 18.9. The summed E-state index contributed by atoms with van der Waals surface area (Å²) in [6.45, 7) is 1.94. The van der Waals surface area contributed by atoms with Crippen LogP contribution >= 0.6 is 0 Å². The van der Waals surface area contributed by atoms with E-state index in [9.17, 15) is 23.0 Å². The fourth-order valence-corrected chi connectivity index (χ4v) is 3.85. The molecule has 0 spiro atoms. The van der Waals surface area contributed by atoms with Gasteiger partial charge in [-0.1, -0.05) is 57.2 Å². The molecule has 1 aliphatic heterocycles. The molecule has 1 N–H and O–H groups in total. The molecule has 0 aliphatic carbocycles. The van der Waals surface area contributed by atoms with Crippen LogP contribution in [0.2, 0.25) is 0 Å².